The van der Waals surface area contributed by atoms with Crippen molar-refractivity contribution in [3.05, 3.63) is 0 Å². The molecule has 0 fully saturated rings. The highest BCUT2D eigenvalue weighted by atomic mass is 33.2. The van der Waals surface area contributed by atoms with Crippen molar-refractivity contribution in [2.24, 2.45) is 0 Å². The summed E-state index contributed by atoms with van der Waals surface area (Å²) >= 11 is 0. The molecule has 0 aliphatic carbocycles. The summed E-state index contributed by atoms with van der Waals surface area (Å²) in [6.07, 6.45) is 4.22. The smallest absolute Gasteiger partial charge is 0.310 e. The summed E-state index contributed by atoms with van der Waals surface area (Å²) in [5, 5.41) is 8.04. The summed E-state index contributed by atoms with van der Waals surface area (Å²) in [7, 11) is -11.5. The second kappa shape index (κ2) is 12.8. The third kappa shape index (κ3) is 20.7. The second-order valence-corrected chi connectivity index (χ2v) is 6.95. The predicted octanol–water partition coefficient (Wildman–Crippen LogP) is 0.953. The Labute approximate surface area is 107 Å². The van der Waals surface area contributed by atoms with Crippen molar-refractivity contribution in [3.63, 3.8) is 0 Å². The van der Waals surface area contributed by atoms with Crippen LogP contribution in [0, 0.1) is 11.3 Å². The highest BCUT2D eigenvalue weighted by Gasteiger charge is 2.22. The van der Waals surface area contributed by atoms with Crippen molar-refractivity contribution in [2.75, 3.05) is 0 Å². The lowest BCUT2D eigenvalue weighted by molar-refractivity contribution is 0.460. The molecular formula is C6H14NO8PS2. The SMILES string of the molecule is CCCCCC#N.O=PO.O=S(=O)(O)S(=O)(=O)O. The van der Waals surface area contributed by atoms with Gasteiger partial charge in [0.2, 0.25) is 0 Å². The Kier molecular flexibility index (Phi) is 16.1. The van der Waals surface area contributed by atoms with Gasteiger partial charge < -0.3 is 4.89 Å². The van der Waals surface area contributed by atoms with Gasteiger partial charge in [0.15, 0.2) is 0 Å². The lowest BCUT2D eigenvalue weighted by Gasteiger charge is -1.84. The van der Waals surface area contributed by atoms with Gasteiger partial charge in [-0.2, -0.15) is 22.1 Å². The summed E-state index contributed by atoms with van der Waals surface area (Å²) in [6.45, 7) is 2.14. The summed E-state index contributed by atoms with van der Waals surface area (Å²) in [5.74, 6) is 0. The molecule has 0 bridgehead atoms. The molecule has 12 heteroatoms. The van der Waals surface area contributed by atoms with Crippen LogP contribution in [0.2, 0.25) is 0 Å². The van der Waals surface area contributed by atoms with Crippen LogP contribution in [0.25, 0.3) is 0 Å². The zero-order valence-electron chi connectivity index (χ0n) is 9.42. The first kappa shape index (κ1) is 22.5. The molecule has 0 saturated heterocycles. The third-order valence-electron chi connectivity index (χ3n) is 1.16. The maximum atomic E-state index is 9.37. The summed E-state index contributed by atoms with van der Waals surface area (Å²) in [4.78, 5) is 6.99. The number of hydrogen-bond donors (Lipinski definition) is 3. The van der Waals surface area contributed by atoms with Crippen molar-refractivity contribution in [3.8, 4) is 6.07 Å². The minimum atomic E-state index is -5.31. The molecule has 0 aliphatic rings. The monoisotopic (exact) mass is 323 g/mol. The summed E-state index contributed by atoms with van der Waals surface area (Å²) in [5.41, 5.74) is 0. The van der Waals surface area contributed by atoms with Gasteiger partial charge in [-0.1, -0.05) is 19.8 Å². The van der Waals surface area contributed by atoms with E-state index in [1.807, 2.05) is 0 Å². The number of nitriles is 1. The molecule has 0 aromatic rings. The molecule has 108 valence electrons. The fourth-order valence-corrected chi connectivity index (χ4v) is 0.454. The second-order valence-electron chi connectivity index (χ2n) is 2.55. The van der Waals surface area contributed by atoms with E-state index in [1.54, 1.807) is 0 Å². The summed E-state index contributed by atoms with van der Waals surface area (Å²) in [6, 6.07) is 2.10. The van der Waals surface area contributed by atoms with Crippen LogP contribution in [0.1, 0.15) is 32.6 Å². The third-order valence-corrected chi connectivity index (χ3v) is 3.29. The quantitative estimate of drug-likeness (QED) is 0.295. The van der Waals surface area contributed by atoms with Gasteiger partial charge in [-0.25, -0.2) is 4.57 Å². The Morgan fingerprint density at radius 1 is 1.11 bits per heavy atom. The van der Waals surface area contributed by atoms with E-state index < -0.39 is 27.0 Å². The molecule has 0 spiro atoms. The lowest BCUT2D eigenvalue weighted by atomic mass is 10.2. The molecule has 0 aliphatic heterocycles. The number of hydrogen-bond acceptors (Lipinski definition) is 6. The van der Waals surface area contributed by atoms with Gasteiger partial charge in [-0.15, -0.1) is 0 Å². The molecule has 9 nitrogen and oxygen atoms in total. The number of rotatable bonds is 4. The van der Waals surface area contributed by atoms with Crippen LogP contribution in [0.15, 0.2) is 0 Å². The molecule has 0 rings (SSSR count). The van der Waals surface area contributed by atoms with Crippen molar-refractivity contribution in [2.45, 2.75) is 32.6 Å². The van der Waals surface area contributed by atoms with E-state index in [4.69, 9.17) is 23.8 Å². The maximum absolute atomic E-state index is 9.37. The van der Waals surface area contributed by atoms with E-state index in [2.05, 4.69) is 13.0 Å². The molecule has 0 saturated carbocycles. The topological polar surface area (TPSA) is 170 Å². The van der Waals surface area contributed by atoms with Gasteiger partial charge >= 0.3 is 27.0 Å². The van der Waals surface area contributed by atoms with E-state index >= 15 is 0 Å². The van der Waals surface area contributed by atoms with E-state index in [9.17, 15) is 16.8 Å². The first-order chi connectivity index (χ1) is 8.08. The minimum Gasteiger partial charge on any atom is -0.310 e. The molecule has 0 unspecified atom stereocenters. The first-order valence-corrected chi connectivity index (χ1v) is 8.53. The molecule has 18 heavy (non-hydrogen) atoms. The van der Waals surface area contributed by atoms with Gasteiger partial charge in [0, 0.05) is 6.42 Å². The zero-order chi connectivity index (χ0) is 15.2. The average Bonchev–Trinajstić information content (AvgIpc) is 2.17. The standard InChI is InChI=1S/C6H11N.H2O6S2.HO2P/c1-2-3-4-5-6-7;1-7(2,3)8(4,5)6;1-3-2/h2-5H2,1H3;(H,1,2,3)(H,4,5,6);(H,1,2). The van der Waals surface area contributed by atoms with Crippen LogP contribution in [0.5, 0.6) is 0 Å². The Morgan fingerprint density at radius 2 is 1.44 bits per heavy atom. The van der Waals surface area contributed by atoms with Gasteiger partial charge in [0.05, 0.1) is 6.07 Å². The fraction of sp³-hybridized carbons (Fsp3) is 0.833. The highest BCUT2D eigenvalue weighted by Crippen LogP contribution is 1.95. The fourth-order valence-electron chi connectivity index (χ4n) is 0.454. The molecule has 3 N–H and O–H groups in total. The van der Waals surface area contributed by atoms with Crippen molar-refractivity contribution >= 4 is 27.0 Å². The molecule has 0 radical (unpaired) electrons. The minimum absolute atomic E-state index is 0.730. The van der Waals surface area contributed by atoms with Crippen LogP contribution in [-0.4, -0.2) is 30.8 Å². The summed E-state index contributed by atoms with van der Waals surface area (Å²) < 4.78 is 60.9. The van der Waals surface area contributed by atoms with E-state index in [1.165, 1.54) is 12.8 Å². The van der Waals surface area contributed by atoms with Crippen LogP contribution in [0.4, 0.5) is 0 Å². The van der Waals surface area contributed by atoms with Crippen LogP contribution >= 0.6 is 8.69 Å². The van der Waals surface area contributed by atoms with Crippen molar-refractivity contribution in [1.82, 2.24) is 0 Å². The van der Waals surface area contributed by atoms with Crippen LogP contribution < -0.4 is 0 Å². The van der Waals surface area contributed by atoms with Gasteiger partial charge in [-0.3, -0.25) is 9.11 Å². The lowest BCUT2D eigenvalue weighted by Crippen LogP contribution is -2.11. The van der Waals surface area contributed by atoms with E-state index in [0.717, 1.165) is 12.8 Å². The van der Waals surface area contributed by atoms with Gasteiger partial charge in [0.25, 0.3) is 0 Å². The average molecular weight is 323 g/mol. The molecule has 0 atom stereocenters. The molecular weight excluding hydrogens is 309 g/mol. The van der Waals surface area contributed by atoms with E-state index in [0.29, 0.717) is 0 Å². The van der Waals surface area contributed by atoms with Crippen LogP contribution in [0.3, 0.4) is 0 Å². The van der Waals surface area contributed by atoms with Crippen molar-refractivity contribution in [1.29, 1.82) is 5.26 Å². The molecule has 0 aromatic heterocycles. The van der Waals surface area contributed by atoms with Crippen LogP contribution in [-0.2, 0) is 22.9 Å². The van der Waals surface area contributed by atoms with Gasteiger partial charge in [-0.05, 0) is 6.42 Å². The Hall–Kier alpha value is -0.630. The predicted molar refractivity (Wildman–Crippen MR) is 62.7 cm³/mol. The Balaban J connectivity index is -0.000000207. The normalized spacial score (nSPS) is 10.4. The van der Waals surface area contributed by atoms with Crippen molar-refractivity contribution < 1.29 is 35.4 Å². The molecule has 0 heterocycles. The highest BCUT2D eigenvalue weighted by molar-refractivity contribution is 8.62. The van der Waals surface area contributed by atoms with E-state index in [-0.39, 0.29) is 0 Å². The Bertz CT molecular complexity index is 407. The molecule has 0 aromatic carbocycles. The van der Waals surface area contributed by atoms with Gasteiger partial charge in [0.1, 0.15) is 0 Å². The largest absolute Gasteiger partial charge is 0.397 e. The Morgan fingerprint density at radius 3 is 1.61 bits per heavy atom. The maximum Gasteiger partial charge on any atom is 0.397 e. The number of nitrogens with zero attached hydrogens (tertiary/aromatic N) is 1. The molecule has 0 amide bonds. The zero-order valence-corrected chi connectivity index (χ0v) is 11.9. The first-order valence-electron chi connectivity index (χ1n) is 4.37. The number of unbranched alkanes of at least 4 members (excludes halogenated alkanes) is 3.